The Labute approximate surface area is 159 Å². The fourth-order valence-corrected chi connectivity index (χ4v) is 7.01. The predicted molar refractivity (Wildman–Crippen MR) is 111 cm³/mol. The number of ketones is 1. The maximum absolute atomic E-state index is 13.1. The van der Waals surface area contributed by atoms with Gasteiger partial charge < -0.3 is 4.43 Å². The first kappa shape index (κ1) is 19.1. The first-order chi connectivity index (χ1) is 12.3. The number of benzene rings is 2. The van der Waals surface area contributed by atoms with Gasteiger partial charge in [0.05, 0.1) is 0 Å². The number of hydrogen-bond donors (Lipinski definition) is 0. The molecule has 0 amide bonds. The minimum absolute atomic E-state index is 0.0388. The highest BCUT2D eigenvalue weighted by molar-refractivity contribution is 6.80. The Morgan fingerprint density at radius 2 is 1.46 bits per heavy atom. The van der Waals surface area contributed by atoms with Crippen molar-refractivity contribution in [2.24, 2.45) is 11.3 Å². The van der Waals surface area contributed by atoms with Gasteiger partial charge in [0.25, 0.3) is 0 Å². The molecular weight excluding hydrogens is 336 g/mol. The van der Waals surface area contributed by atoms with Crippen LogP contribution < -0.4 is 10.4 Å². The minimum Gasteiger partial charge on any atom is -0.398 e. The Morgan fingerprint density at radius 1 is 0.962 bits per heavy atom. The van der Waals surface area contributed by atoms with Gasteiger partial charge in [-0.15, -0.1) is 0 Å². The first-order valence-electron chi connectivity index (χ1n) is 9.63. The van der Waals surface area contributed by atoms with E-state index in [0.29, 0.717) is 6.42 Å². The molecule has 2 nitrogen and oxygen atoms in total. The van der Waals surface area contributed by atoms with Crippen molar-refractivity contribution in [2.45, 2.75) is 52.6 Å². The summed E-state index contributed by atoms with van der Waals surface area (Å²) in [7, 11) is -1.96. The van der Waals surface area contributed by atoms with E-state index in [0.717, 1.165) is 12.8 Å². The molecule has 1 saturated carbocycles. The first-order valence-corrected chi connectivity index (χ1v) is 11.3. The Kier molecular flexibility index (Phi) is 5.49. The van der Waals surface area contributed by atoms with Gasteiger partial charge in [0.1, 0.15) is 5.60 Å². The Morgan fingerprint density at radius 3 is 1.92 bits per heavy atom. The Hall–Kier alpha value is -1.71. The van der Waals surface area contributed by atoms with Gasteiger partial charge in [-0.1, -0.05) is 81.4 Å². The molecule has 3 heteroatoms. The fraction of sp³-hybridized carbons (Fsp3) is 0.435. The van der Waals surface area contributed by atoms with Crippen molar-refractivity contribution >= 4 is 25.2 Å². The van der Waals surface area contributed by atoms with Crippen LogP contribution in [0.5, 0.6) is 0 Å². The zero-order valence-corrected chi connectivity index (χ0v) is 17.5. The number of rotatable bonds is 4. The molecule has 0 radical (unpaired) electrons. The normalized spacial score (nSPS) is 24.0. The molecule has 0 bridgehead atoms. The number of Topliss-reactive ketones (excluding diaryl/α,β-unsaturated/α-hetero) is 1. The molecule has 2 atom stereocenters. The zero-order chi connectivity index (χ0) is 18.8. The summed E-state index contributed by atoms with van der Waals surface area (Å²) in [4.78, 5) is 13.1. The number of carbonyl (C=O) groups excluding carboxylic acids is 1. The van der Waals surface area contributed by atoms with E-state index < -0.39 is 14.6 Å². The fourth-order valence-electron chi connectivity index (χ4n) is 4.42. The van der Waals surface area contributed by atoms with E-state index >= 15 is 0 Å². The third kappa shape index (κ3) is 3.84. The highest BCUT2D eigenvalue weighted by Gasteiger charge is 2.50. The summed E-state index contributed by atoms with van der Waals surface area (Å²) in [6, 6.07) is 20.9. The van der Waals surface area contributed by atoms with Crippen molar-refractivity contribution in [3.63, 3.8) is 0 Å². The van der Waals surface area contributed by atoms with Gasteiger partial charge in [-0.3, -0.25) is 4.79 Å². The van der Waals surface area contributed by atoms with Crippen molar-refractivity contribution in [2.75, 3.05) is 0 Å². The van der Waals surface area contributed by atoms with Crippen LogP contribution in [0.1, 0.15) is 47.0 Å². The smallest absolute Gasteiger partial charge is 0.241 e. The van der Waals surface area contributed by atoms with Gasteiger partial charge in [0.15, 0.2) is 5.78 Å². The van der Waals surface area contributed by atoms with E-state index in [-0.39, 0.29) is 17.1 Å². The molecule has 3 rings (SSSR count). The van der Waals surface area contributed by atoms with Gasteiger partial charge >= 0.3 is 0 Å². The lowest BCUT2D eigenvalue weighted by molar-refractivity contribution is -0.147. The summed E-state index contributed by atoms with van der Waals surface area (Å²) >= 11 is 0. The molecule has 1 aliphatic carbocycles. The quantitative estimate of drug-likeness (QED) is 0.771. The van der Waals surface area contributed by atoms with Crippen molar-refractivity contribution < 1.29 is 9.22 Å². The second kappa shape index (κ2) is 7.49. The Bertz CT molecular complexity index is 696. The van der Waals surface area contributed by atoms with E-state index in [1.165, 1.54) is 10.4 Å². The molecule has 1 fully saturated rings. The minimum atomic E-state index is -1.96. The lowest BCUT2D eigenvalue weighted by Crippen LogP contribution is -2.60. The molecule has 2 aromatic carbocycles. The van der Waals surface area contributed by atoms with Crippen LogP contribution in [0.15, 0.2) is 60.7 Å². The van der Waals surface area contributed by atoms with Crippen LogP contribution in [0, 0.1) is 11.3 Å². The van der Waals surface area contributed by atoms with Crippen molar-refractivity contribution in [1.82, 2.24) is 0 Å². The van der Waals surface area contributed by atoms with E-state index in [1.807, 2.05) is 12.1 Å². The number of hydrogen-bond acceptors (Lipinski definition) is 2. The third-order valence-electron chi connectivity index (χ3n) is 5.73. The van der Waals surface area contributed by atoms with Crippen LogP contribution in [-0.2, 0) is 9.22 Å². The third-order valence-corrected chi connectivity index (χ3v) is 8.43. The highest BCUT2D eigenvalue weighted by Crippen LogP contribution is 2.44. The molecule has 0 saturated heterocycles. The largest absolute Gasteiger partial charge is 0.398 e. The van der Waals surface area contributed by atoms with Crippen molar-refractivity contribution in [3.8, 4) is 0 Å². The summed E-state index contributed by atoms with van der Waals surface area (Å²) < 4.78 is 6.89. The SMILES string of the molecule is CC(C)(C)C1CCCC(=O)C1(C)O[SiH](c1ccccc1)c1ccccc1. The summed E-state index contributed by atoms with van der Waals surface area (Å²) in [5, 5.41) is 2.46. The van der Waals surface area contributed by atoms with E-state index in [1.54, 1.807) is 0 Å². The summed E-state index contributed by atoms with van der Waals surface area (Å²) in [5.74, 6) is 0.506. The summed E-state index contributed by atoms with van der Waals surface area (Å²) in [6.07, 6.45) is 2.66. The van der Waals surface area contributed by atoms with Crippen molar-refractivity contribution in [1.29, 1.82) is 0 Å². The predicted octanol–water partition coefficient (Wildman–Crippen LogP) is 3.72. The van der Waals surface area contributed by atoms with Gasteiger partial charge in [0, 0.05) is 6.42 Å². The van der Waals surface area contributed by atoms with Crippen molar-refractivity contribution in [3.05, 3.63) is 60.7 Å². The van der Waals surface area contributed by atoms with Crippen LogP contribution in [-0.4, -0.2) is 20.4 Å². The number of carbonyl (C=O) groups is 1. The topological polar surface area (TPSA) is 26.3 Å². The average Bonchev–Trinajstić information content (AvgIpc) is 2.63. The molecule has 26 heavy (non-hydrogen) atoms. The lowest BCUT2D eigenvalue weighted by Gasteiger charge is -2.48. The van der Waals surface area contributed by atoms with Crippen LogP contribution in [0.4, 0.5) is 0 Å². The molecule has 0 N–H and O–H groups in total. The van der Waals surface area contributed by atoms with E-state index in [9.17, 15) is 4.79 Å². The second-order valence-corrected chi connectivity index (χ2v) is 11.0. The molecule has 0 heterocycles. The monoisotopic (exact) mass is 366 g/mol. The summed E-state index contributed by atoms with van der Waals surface area (Å²) in [6.45, 7) is 8.76. The lowest BCUT2D eigenvalue weighted by atomic mass is 9.64. The van der Waals surface area contributed by atoms with E-state index in [2.05, 4.69) is 76.2 Å². The van der Waals surface area contributed by atoms with Crippen LogP contribution in [0.3, 0.4) is 0 Å². The van der Waals surface area contributed by atoms with Crippen LogP contribution >= 0.6 is 0 Å². The van der Waals surface area contributed by atoms with E-state index in [4.69, 9.17) is 4.43 Å². The molecule has 0 aromatic heterocycles. The molecule has 1 aliphatic rings. The summed E-state index contributed by atoms with van der Waals surface area (Å²) in [5.41, 5.74) is -0.670. The second-order valence-electron chi connectivity index (χ2n) is 8.66. The molecular formula is C23H30O2Si. The molecule has 138 valence electrons. The van der Waals surface area contributed by atoms with Gasteiger partial charge in [-0.2, -0.15) is 0 Å². The highest BCUT2D eigenvalue weighted by atomic mass is 28.3. The standard InChI is InChI=1S/C23H30O2Si/c1-22(2,3)20-16-11-17-21(24)23(20,4)25-26(18-12-7-5-8-13-18)19-14-9-6-10-15-19/h5-10,12-15,20,26H,11,16-17H2,1-4H3. The van der Waals surface area contributed by atoms with Crippen LogP contribution in [0.2, 0.25) is 0 Å². The van der Waals surface area contributed by atoms with Gasteiger partial charge in [0.2, 0.25) is 9.04 Å². The average molecular weight is 367 g/mol. The molecule has 2 unspecified atom stereocenters. The molecule has 0 aliphatic heterocycles. The maximum atomic E-state index is 13.1. The Balaban J connectivity index is 2.03. The maximum Gasteiger partial charge on any atom is 0.241 e. The van der Waals surface area contributed by atoms with Crippen LogP contribution in [0.25, 0.3) is 0 Å². The van der Waals surface area contributed by atoms with Gasteiger partial charge in [-0.25, -0.2) is 0 Å². The molecule has 2 aromatic rings. The van der Waals surface area contributed by atoms with Gasteiger partial charge in [-0.05, 0) is 41.5 Å². The zero-order valence-electron chi connectivity index (χ0n) is 16.4. The molecule has 0 spiro atoms.